The Balaban J connectivity index is 1.66. The molecule has 8 heteroatoms. The normalized spacial score (nSPS) is 15.9. The van der Waals surface area contributed by atoms with Gasteiger partial charge in [-0.15, -0.1) is 0 Å². The van der Waals surface area contributed by atoms with Crippen LogP contribution in [0.3, 0.4) is 0 Å². The standard InChI is InChI=1S/C27H34N2O6/c1-16(2)23(24(30)29-27(4,15-34-5)25(31)32)17(3)28-26(33)35-14-22-20-12-8-6-10-18(20)19-11-7-9-13-21(19)22/h6-13,16-17,22-23H,14-15H2,1-5H3,(H,28,33)(H,29,30)(H,31,32). The molecule has 8 nitrogen and oxygen atoms in total. The topological polar surface area (TPSA) is 114 Å². The molecule has 0 heterocycles. The maximum atomic E-state index is 13.0. The zero-order valence-electron chi connectivity index (χ0n) is 20.8. The van der Waals surface area contributed by atoms with Crippen molar-refractivity contribution < 1.29 is 29.0 Å². The number of alkyl carbamates (subject to hydrolysis) is 1. The number of carboxylic acids is 1. The summed E-state index contributed by atoms with van der Waals surface area (Å²) in [5.41, 5.74) is 2.92. The fraction of sp³-hybridized carbons (Fsp3) is 0.444. The van der Waals surface area contributed by atoms with Gasteiger partial charge in [0.1, 0.15) is 6.61 Å². The number of carbonyl (C=O) groups excluding carboxylic acids is 2. The second kappa shape index (κ2) is 10.9. The molecule has 0 spiro atoms. The number of methoxy groups -OCH3 is 1. The molecule has 188 valence electrons. The van der Waals surface area contributed by atoms with Crippen LogP contribution in [0.15, 0.2) is 48.5 Å². The summed E-state index contributed by atoms with van der Waals surface area (Å²) in [6, 6.07) is 15.6. The summed E-state index contributed by atoms with van der Waals surface area (Å²) >= 11 is 0. The Labute approximate surface area is 206 Å². The van der Waals surface area contributed by atoms with Crippen molar-refractivity contribution in [2.24, 2.45) is 11.8 Å². The maximum Gasteiger partial charge on any atom is 0.407 e. The molecular formula is C27H34N2O6. The summed E-state index contributed by atoms with van der Waals surface area (Å²) in [4.78, 5) is 37.4. The Kier molecular flexibility index (Phi) is 8.17. The fourth-order valence-electron chi connectivity index (χ4n) is 4.82. The third kappa shape index (κ3) is 5.65. The van der Waals surface area contributed by atoms with Gasteiger partial charge in [-0.2, -0.15) is 0 Å². The van der Waals surface area contributed by atoms with E-state index in [-0.39, 0.29) is 25.0 Å². The van der Waals surface area contributed by atoms with Crippen LogP contribution in [0.2, 0.25) is 0 Å². The lowest BCUT2D eigenvalue weighted by Gasteiger charge is -2.32. The van der Waals surface area contributed by atoms with Crippen molar-refractivity contribution in [2.45, 2.75) is 45.2 Å². The van der Waals surface area contributed by atoms with Crippen LogP contribution in [0.5, 0.6) is 0 Å². The second-order valence-corrected chi connectivity index (χ2v) is 9.59. The van der Waals surface area contributed by atoms with E-state index in [0.717, 1.165) is 22.3 Å². The van der Waals surface area contributed by atoms with Crippen molar-refractivity contribution in [3.63, 3.8) is 0 Å². The summed E-state index contributed by atoms with van der Waals surface area (Å²) < 4.78 is 10.6. The fourth-order valence-corrected chi connectivity index (χ4v) is 4.82. The highest BCUT2D eigenvalue weighted by Gasteiger charge is 2.39. The van der Waals surface area contributed by atoms with Gasteiger partial charge in [0, 0.05) is 19.1 Å². The first-order valence-electron chi connectivity index (χ1n) is 11.7. The first-order chi connectivity index (χ1) is 16.6. The summed E-state index contributed by atoms with van der Waals surface area (Å²) in [6.07, 6.45) is -0.629. The predicted octanol–water partition coefficient (Wildman–Crippen LogP) is 3.79. The third-order valence-electron chi connectivity index (χ3n) is 6.55. The van der Waals surface area contributed by atoms with E-state index >= 15 is 0 Å². The lowest BCUT2D eigenvalue weighted by Crippen LogP contribution is -2.59. The molecule has 1 aliphatic carbocycles. The first kappa shape index (κ1) is 26.2. The summed E-state index contributed by atoms with van der Waals surface area (Å²) in [7, 11) is 1.37. The molecule has 2 amide bonds. The molecule has 0 saturated carbocycles. The minimum Gasteiger partial charge on any atom is -0.479 e. The van der Waals surface area contributed by atoms with Crippen LogP contribution in [0.25, 0.3) is 11.1 Å². The van der Waals surface area contributed by atoms with Crippen LogP contribution in [-0.4, -0.2) is 55.0 Å². The summed E-state index contributed by atoms with van der Waals surface area (Å²) in [5, 5.41) is 14.9. The number of nitrogens with one attached hydrogen (secondary N) is 2. The van der Waals surface area contributed by atoms with Crippen molar-refractivity contribution in [1.29, 1.82) is 0 Å². The van der Waals surface area contributed by atoms with E-state index in [1.54, 1.807) is 6.92 Å². The van der Waals surface area contributed by atoms with Crippen LogP contribution < -0.4 is 10.6 Å². The van der Waals surface area contributed by atoms with Gasteiger partial charge in [-0.3, -0.25) is 4.79 Å². The third-order valence-corrected chi connectivity index (χ3v) is 6.55. The molecule has 0 saturated heterocycles. The Bertz CT molecular complexity index is 1040. The summed E-state index contributed by atoms with van der Waals surface area (Å²) in [6.45, 7) is 6.75. The quantitative estimate of drug-likeness (QED) is 0.475. The molecule has 3 rings (SSSR count). The van der Waals surface area contributed by atoms with Gasteiger partial charge in [-0.25, -0.2) is 9.59 Å². The Morgan fingerprint density at radius 3 is 2.03 bits per heavy atom. The van der Waals surface area contributed by atoms with Gasteiger partial charge in [-0.1, -0.05) is 62.4 Å². The SMILES string of the molecule is COCC(C)(NC(=O)C(C(C)C)C(C)NC(=O)OCC1c2ccccc2-c2ccccc21)C(=O)O. The van der Waals surface area contributed by atoms with Crippen LogP contribution in [-0.2, 0) is 19.1 Å². The number of carbonyl (C=O) groups is 3. The lowest BCUT2D eigenvalue weighted by atomic mass is 9.87. The number of fused-ring (bicyclic) bond motifs is 3. The molecule has 3 unspecified atom stereocenters. The molecular weight excluding hydrogens is 448 g/mol. The van der Waals surface area contributed by atoms with E-state index in [1.807, 2.05) is 50.2 Å². The van der Waals surface area contributed by atoms with Crippen molar-refractivity contribution in [1.82, 2.24) is 10.6 Å². The monoisotopic (exact) mass is 482 g/mol. The summed E-state index contributed by atoms with van der Waals surface area (Å²) in [5.74, 6) is -2.59. The van der Waals surface area contributed by atoms with Gasteiger partial charge in [0.2, 0.25) is 5.91 Å². The maximum absolute atomic E-state index is 13.0. The first-order valence-corrected chi connectivity index (χ1v) is 11.7. The van der Waals surface area contributed by atoms with Crippen LogP contribution in [0.4, 0.5) is 4.79 Å². The minimum absolute atomic E-state index is 0.0713. The Morgan fingerprint density at radius 1 is 1.00 bits per heavy atom. The number of ether oxygens (including phenoxy) is 2. The highest BCUT2D eigenvalue weighted by atomic mass is 16.5. The molecule has 35 heavy (non-hydrogen) atoms. The molecule has 0 fully saturated rings. The van der Waals surface area contributed by atoms with Crippen molar-refractivity contribution in [2.75, 3.05) is 20.3 Å². The molecule has 2 aromatic carbocycles. The number of rotatable bonds is 10. The smallest absolute Gasteiger partial charge is 0.407 e. The van der Waals surface area contributed by atoms with E-state index in [0.29, 0.717) is 0 Å². The zero-order chi connectivity index (χ0) is 25.8. The molecule has 3 atom stereocenters. The van der Waals surface area contributed by atoms with Crippen molar-refractivity contribution in [3.05, 3.63) is 59.7 Å². The number of carboxylic acid groups (broad SMARTS) is 1. The van der Waals surface area contributed by atoms with Gasteiger partial charge < -0.3 is 25.2 Å². The zero-order valence-corrected chi connectivity index (χ0v) is 20.8. The molecule has 0 aliphatic heterocycles. The largest absolute Gasteiger partial charge is 0.479 e. The van der Waals surface area contributed by atoms with E-state index in [1.165, 1.54) is 14.0 Å². The van der Waals surface area contributed by atoms with E-state index in [4.69, 9.17) is 9.47 Å². The minimum atomic E-state index is -1.58. The van der Waals surface area contributed by atoms with E-state index in [2.05, 4.69) is 22.8 Å². The average Bonchev–Trinajstić information content (AvgIpc) is 3.11. The highest BCUT2D eigenvalue weighted by molar-refractivity contribution is 5.88. The van der Waals surface area contributed by atoms with Gasteiger partial charge in [-0.05, 0) is 42.0 Å². The number of benzene rings is 2. The molecule has 0 aromatic heterocycles. The van der Waals surface area contributed by atoms with Gasteiger partial charge >= 0.3 is 12.1 Å². The Hall–Kier alpha value is -3.39. The van der Waals surface area contributed by atoms with Crippen molar-refractivity contribution in [3.8, 4) is 11.1 Å². The Morgan fingerprint density at radius 2 is 1.54 bits per heavy atom. The second-order valence-electron chi connectivity index (χ2n) is 9.59. The van der Waals surface area contributed by atoms with Crippen LogP contribution >= 0.6 is 0 Å². The number of hydrogen-bond acceptors (Lipinski definition) is 5. The van der Waals surface area contributed by atoms with Gasteiger partial charge in [0.05, 0.1) is 12.5 Å². The van der Waals surface area contributed by atoms with E-state index in [9.17, 15) is 19.5 Å². The number of hydrogen-bond donors (Lipinski definition) is 3. The van der Waals surface area contributed by atoms with Crippen molar-refractivity contribution >= 4 is 18.0 Å². The van der Waals surface area contributed by atoms with Gasteiger partial charge in [0.25, 0.3) is 0 Å². The molecule has 2 aromatic rings. The molecule has 1 aliphatic rings. The van der Waals surface area contributed by atoms with E-state index < -0.39 is 35.5 Å². The lowest BCUT2D eigenvalue weighted by molar-refractivity contribution is -0.150. The van der Waals surface area contributed by atoms with Crippen LogP contribution in [0, 0.1) is 11.8 Å². The molecule has 0 bridgehead atoms. The molecule has 3 N–H and O–H groups in total. The average molecular weight is 483 g/mol. The predicted molar refractivity (Wildman–Crippen MR) is 132 cm³/mol. The van der Waals surface area contributed by atoms with Crippen LogP contribution in [0.1, 0.15) is 44.7 Å². The number of amides is 2. The number of aliphatic carboxylic acids is 1. The highest BCUT2D eigenvalue weighted by Crippen LogP contribution is 2.44. The molecule has 0 radical (unpaired) electrons. The van der Waals surface area contributed by atoms with Gasteiger partial charge in [0.15, 0.2) is 5.54 Å².